The summed E-state index contributed by atoms with van der Waals surface area (Å²) in [7, 11) is 0. The highest BCUT2D eigenvalue weighted by Crippen LogP contribution is 2.47. The number of hydrogen-bond acceptors (Lipinski definition) is 4. The molecule has 0 spiro atoms. The Morgan fingerprint density at radius 1 is 1.05 bits per heavy atom. The van der Waals surface area contributed by atoms with E-state index in [1.165, 1.54) is 0 Å². The highest BCUT2D eigenvalue weighted by atomic mass is 16.7. The van der Waals surface area contributed by atoms with E-state index in [1.807, 2.05) is 34.6 Å². The SMILES string of the molecule is CCOC(=O)c1c(C)c(C)c2c(c1C)OC(C)(C)O2. The number of fused-ring (bicyclic) bond motifs is 1. The van der Waals surface area contributed by atoms with Crippen LogP contribution in [-0.2, 0) is 4.74 Å². The third-order valence-electron chi connectivity index (χ3n) is 3.38. The molecule has 4 nitrogen and oxygen atoms in total. The van der Waals surface area contributed by atoms with Crippen LogP contribution in [0, 0.1) is 20.8 Å². The minimum Gasteiger partial charge on any atom is -0.462 e. The Morgan fingerprint density at radius 2 is 1.58 bits per heavy atom. The fraction of sp³-hybridized carbons (Fsp3) is 0.533. The Bertz CT molecular complexity index is 544. The zero-order valence-corrected chi connectivity index (χ0v) is 12.3. The lowest BCUT2D eigenvalue weighted by atomic mass is 9.96. The second kappa shape index (κ2) is 4.44. The van der Waals surface area contributed by atoms with Crippen LogP contribution in [0.5, 0.6) is 11.5 Å². The Morgan fingerprint density at radius 3 is 2.11 bits per heavy atom. The summed E-state index contributed by atoms with van der Waals surface area (Å²) in [6.45, 7) is 11.6. The number of esters is 1. The van der Waals surface area contributed by atoms with Crippen LogP contribution in [0.4, 0.5) is 0 Å². The molecule has 0 saturated heterocycles. The van der Waals surface area contributed by atoms with Crippen LogP contribution in [0.2, 0.25) is 0 Å². The minimum atomic E-state index is -0.697. The molecule has 2 rings (SSSR count). The lowest BCUT2D eigenvalue weighted by molar-refractivity contribution is -0.0437. The maximum Gasteiger partial charge on any atom is 0.338 e. The van der Waals surface area contributed by atoms with Crippen molar-refractivity contribution in [3.05, 3.63) is 22.3 Å². The number of rotatable bonds is 2. The van der Waals surface area contributed by atoms with Gasteiger partial charge in [0.15, 0.2) is 11.5 Å². The molecule has 4 heteroatoms. The van der Waals surface area contributed by atoms with Crippen LogP contribution in [0.25, 0.3) is 0 Å². The molecule has 0 aromatic heterocycles. The van der Waals surface area contributed by atoms with Gasteiger partial charge in [-0.1, -0.05) is 0 Å². The van der Waals surface area contributed by atoms with Crippen LogP contribution in [0.1, 0.15) is 47.8 Å². The first-order chi connectivity index (χ1) is 8.78. The lowest BCUT2D eigenvalue weighted by Crippen LogP contribution is -2.30. The molecule has 0 aliphatic carbocycles. The topological polar surface area (TPSA) is 44.8 Å². The van der Waals surface area contributed by atoms with Crippen LogP contribution in [0.3, 0.4) is 0 Å². The number of hydrogen-bond donors (Lipinski definition) is 0. The van der Waals surface area contributed by atoms with Crippen molar-refractivity contribution in [2.45, 2.75) is 47.3 Å². The molecule has 19 heavy (non-hydrogen) atoms. The Kier molecular flexibility index (Phi) is 3.20. The van der Waals surface area contributed by atoms with E-state index in [0.717, 1.165) is 22.4 Å². The Hall–Kier alpha value is -1.71. The van der Waals surface area contributed by atoms with E-state index >= 15 is 0 Å². The Labute approximate surface area is 113 Å². The van der Waals surface area contributed by atoms with Gasteiger partial charge in [0.25, 0.3) is 0 Å². The second-order valence-electron chi connectivity index (χ2n) is 5.23. The van der Waals surface area contributed by atoms with Crippen LogP contribution in [0.15, 0.2) is 0 Å². The fourth-order valence-corrected chi connectivity index (χ4v) is 2.36. The van der Waals surface area contributed by atoms with Gasteiger partial charge in [0, 0.05) is 19.4 Å². The predicted molar refractivity (Wildman–Crippen MR) is 71.9 cm³/mol. The molecule has 1 heterocycles. The molecule has 1 aromatic rings. The fourth-order valence-electron chi connectivity index (χ4n) is 2.36. The first-order valence-corrected chi connectivity index (χ1v) is 6.47. The molecule has 0 saturated carbocycles. The van der Waals surface area contributed by atoms with Gasteiger partial charge in [-0.2, -0.15) is 0 Å². The predicted octanol–water partition coefficient (Wildman–Crippen LogP) is 3.30. The van der Waals surface area contributed by atoms with Crippen molar-refractivity contribution in [3.8, 4) is 11.5 Å². The van der Waals surface area contributed by atoms with E-state index in [1.54, 1.807) is 6.92 Å². The van der Waals surface area contributed by atoms with Crippen molar-refractivity contribution < 1.29 is 19.0 Å². The maximum atomic E-state index is 12.1. The van der Waals surface area contributed by atoms with Crippen molar-refractivity contribution in [2.24, 2.45) is 0 Å². The minimum absolute atomic E-state index is 0.309. The number of carbonyl (C=O) groups excluding carboxylic acids is 1. The van der Waals surface area contributed by atoms with Crippen LogP contribution < -0.4 is 9.47 Å². The third-order valence-corrected chi connectivity index (χ3v) is 3.38. The molecule has 1 aromatic carbocycles. The summed E-state index contributed by atoms with van der Waals surface area (Å²) >= 11 is 0. The highest BCUT2D eigenvalue weighted by molar-refractivity contribution is 5.94. The molecule has 1 aliphatic heterocycles. The summed E-state index contributed by atoms with van der Waals surface area (Å²) < 4.78 is 16.7. The first-order valence-electron chi connectivity index (χ1n) is 6.47. The van der Waals surface area contributed by atoms with Crippen molar-refractivity contribution in [1.82, 2.24) is 0 Å². The van der Waals surface area contributed by atoms with Crippen molar-refractivity contribution in [1.29, 1.82) is 0 Å². The van der Waals surface area contributed by atoms with Crippen molar-refractivity contribution >= 4 is 5.97 Å². The maximum absolute atomic E-state index is 12.1. The molecule has 0 fully saturated rings. The van der Waals surface area contributed by atoms with Gasteiger partial charge in [-0.15, -0.1) is 0 Å². The average Bonchev–Trinajstić information content (AvgIpc) is 2.63. The molecule has 0 bridgehead atoms. The molecule has 0 unspecified atom stereocenters. The summed E-state index contributed by atoms with van der Waals surface area (Å²) in [4.78, 5) is 12.1. The molecule has 0 amide bonds. The van der Waals surface area contributed by atoms with E-state index in [0.29, 0.717) is 17.9 Å². The number of ether oxygens (including phenoxy) is 3. The van der Waals surface area contributed by atoms with E-state index in [9.17, 15) is 4.79 Å². The van der Waals surface area contributed by atoms with Crippen molar-refractivity contribution in [2.75, 3.05) is 6.61 Å². The molecule has 0 N–H and O–H groups in total. The summed E-state index contributed by atoms with van der Waals surface area (Å²) in [5, 5.41) is 0. The summed E-state index contributed by atoms with van der Waals surface area (Å²) in [6, 6.07) is 0. The lowest BCUT2D eigenvalue weighted by Gasteiger charge is -2.16. The van der Waals surface area contributed by atoms with Gasteiger partial charge in [0.2, 0.25) is 5.79 Å². The first kappa shape index (κ1) is 13.7. The third kappa shape index (κ3) is 2.15. The van der Waals surface area contributed by atoms with Gasteiger partial charge < -0.3 is 14.2 Å². The van der Waals surface area contributed by atoms with Gasteiger partial charge in [-0.05, 0) is 38.8 Å². The average molecular weight is 264 g/mol. The van der Waals surface area contributed by atoms with Gasteiger partial charge >= 0.3 is 5.97 Å². The molecule has 104 valence electrons. The van der Waals surface area contributed by atoms with Crippen LogP contribution in [-0.4, -0.2) is 18.4 Å². The van der Waals surface area contributed by atoms with E-state index in [2.05, 4.69) is 0 Å². The summed E-state index contributed by atoms with van der Waals surface area (Å²) in [5.41, 5.74) is 3.17. The second-order valence-corrected chi connectivity index (χ2v) is 5.23. The molecule has 0 atom stereocenters. The van der Waals surface area contributed by atoms with Gasteiger partial charge in [-0.3, -0.25) is 0 Å². The van der Waals surface area contributed by atoms with E-state index < -0.39 is 5.79 Å². The smallest absolute Gasteiger partial charge is 0.338 e. The highest BCUT2D eigenvalue weighted by Gasteiger charge is 2.37. The van der Waals surface area contributed by atoms with Gasteiger partial charge in [0.1, 0.15) is 0 Å². The van der Waals surface area contributed by atoms with Crippen LogP contribution >= 0.6 is 0 Å². The molecule has 1 aliphatic rings. The zero-order chi connectivity index (χ0) is 14.4. The number of carbonyl (C=O) groups is 1. The molecule has 0 radical (unpaired) electrons. The van der Waals surface area contributed by atoms with E-state index in [-0.39, 0.29) is 5.97 Å². The largest absolute Gasteiger partial charge is 0.462 e. The monoisotopic (exact) mass is 264 g/mol. The number of benzene rings is 1. The molecular formula is C15H20O4. The quantitative estimate of drug-likeness (QED) is 0.769. The summed E-state index contributed by atoms with van der Waals surface area (Å²) in [6.07, 6.45) is 0. The Balaban J connectivity index is 2.62. The normalized spacial score (nSPS) is 15.5. The van der Waals surface area contributed by atoms with Gasteiger partial charge in [-0.25, -0.2) is 4.79 Å². The van der Waals surface area contributed by atoms with Gasteiger partial charge in [0.05, 0.1) is 12.2 Å². The van der Waals surface area contributed by atoms with E-state index in [4.69, 9.17) is 14.2 Å². The standard InChI is InChI=1S/C15H20O4/c1-7-17-14(16)11-8(2)9(3)12-13(10(11)4)19-15(5,6)18-12/h7H2,1-6H3. The van der Waals surface area contributed by atoms with Crippen molar-refractivity contribution in [3.63, 3.8) is 0 Å². The zero-order valence-electron chi connectivity index (χ0n) is 12.3. The molecular weight excluding hydrogens is 244 g/mol. The summed E-state index contributed by atoms with van der Waals surface area (Å²) in [5.74, 6) is 0.373.